The minimum absolute atomic E-state index is 0.182. The molecule has 5 nitrogen and oxygen atoms in total. The number of imide groups is 1. The number of carbonyl (C=O) groups excluding carboxylic acids is 2. The van der Waals surface area contributed by atoms with Gasteiger partial charge in [0.25, 0.3) is 11.1 Å². The maximum absolute atomic E-state index is 12.8. The van der Waals surface area contributed by atoms with Gasteiger partial charge in [-0.1, -0.05) is 31.9 Å². The highest BCUT2D eigenvalue weighted by molar-refractivity contribution is 9.10. The van der Waals surface area contributed by atoms with Crippen molar-refractivity contribution in [1.82, 2.24) is 4.90 Å². The summed E-state index contributed by atoms with van der Waals surface area (Å²) in [6, 6.07) is 3.63. The van der Waals surface area contributed by atoms with Crippen molar-refractivity contribution in [1.29, 1.82) is 0 Å². The summed E-state index contributed by atoms with van der Waals surface area (Å²) >= 11 is 4.49. The predicted octanol–water partition coefficient (Wildman–Crippen LogP) is 5.64. The van der Waals surface area contributed by atoms with E-state index in [0.717, 1.165) is 30.2 Å². The standard InChI is InChI=1S/C21H24BrNO4S/c1-3-9-27-19-16(22)10-15(11-17(19)26-2)12-18-20(24)23(21(25)28-18)13-14-7-5-4-6-8-14/h3,10-12,14H,1,4-9,13H2,2H3/b18-12+. The Morgan fingerprint density at radius 3 is 2.71 bits per heavy atom. The molecule has 2 fully saturated rings. The molecule has 0 radical (unpaired) electrons. The number of benzene rings is 1. The summed E-state index contributed by atoms with van der Waals surface area (Å²) in [5, 5.41) is -0.182. The zero-order chi connectivity index (χ0) is 20.1. The fourth-order valence-electron chi connectivity index (χ4n) is 3.54. The second kappa shape index (κ2) is 9.65. The number of methoxy groups -OCH3 is 1. The van der Waals surface area contributed by atoms with E-state index in [4.69, 9.17) is 9.47 Å². The molecule has 2 aliphatic rings. The number of halogens is 1. The van der Waals surface area contributed by atoms with Crippen LogP contribution in [0.3, 0.4) is 0 Å². The summed E-state index contributed by atoms with van der Waals surface area (Å²) in [7, 11) is 1.56. The number of amides is 2. The minimum atomic E-state index is -0.206. The van der Waals surface area contributed by atoms with Gasteiger partial charge in [-0.2, -0.15) is 0 Å². The van der Waals surface area contributed by atoms with Crippen LogP contribution in [0.2, 0.25) is 0 Å². The molecule has 1 saturated carbocycles. The topological polar surface area (TPSA) is 55.8 Å². The van der Waals surface area contributed by atoms with E-state index in [-0.39, 0.29) is 11.1 Å². The fraction of sp³-hybridized carbons (Fsp3) is 0.429. The molecule has 1 aliphatic carbocycles. The fourth-order valence-corrected chi connectivity index (χ4v) is 4.96. The van der Waals surface area contributed by atoms with Gasteiger partial charge in [0, 0.05) is 6.54 Å². The van der Waals surface area contributed by atoms with Gasteiger partial charge in [-0.15, -0.1) is 0 Å². The molecular weight excluding hydrogens is 442 g/mol. The minimum Gasteiger partial charge on any atom is -0.493 e. The summed E-state index contributed by atoms with van der Waals surface area (Å²) in [6.07, 6.45) is 9.20. The third kappa shape index (κ3) is 4.81. The number of rotatable bonds is 7. The summed E-state index contributed by atoms with van der Waals surface area (Å²) in [6.45, 7) is 4.53. The summed E-state index contributed by atoms with van der Waals surface area (Å²) in [4.78, 5) is 27.0. The van der Waals surface area contributed by atoms with E-state index in [1.807, 2.05) is 6.07 Å². The Kier molecular flexibility index (Phi) is 7.24. The second-order valence-electron chi connectivity index (χ2n) is 6.93. The SMILES string of the molecule is C=CCOc1c(Br)cc(/C=C2/SC(=O)N(CC3CCCCC3)C2=O)cc1OC. The first-order chi connectivity index (χ1) is 13.5. The molecule has 0 aromatic heterocycles. The lowest BCUT2D eigenvalue weighted by atomic mass is 9.89. The lowest BCUT2D eigenvalue weighted by Gasteiger charge is -2.25. The van der Waals surface area contributed by atoms with Crippen LogP contribution in [0.5, 0.6) is 11.5 Å². The summed E-state index contributed by atoms with van der Waals surface area (Å²) in [5.74, 6) is 1.34. The number of hydrogen-bond donors (Lipinski definition) is 0. The van der Waals surface area contributed by atoms with E-state index < -0.39 is 0 Å². The van der Waals surface area contributed by atoms with Gasteiger partial charge in [0.15, 0.2) is 11.5 Å². The van der Waals surface area contributed by atoms with E-state index in [1.165, 1.54) is 24.2 Å². The van der Waals surface area contributed by atoms with Gasteiger partial charge >= 0.3 is 0 Å². The lowest BCUT2D eigenvalue weighted by Crippen LogP contribution is -2.34. The number of nitrogens with zero attached hydrogens (tertiary/aromatic N) is 1. The average molecular weight is 466 g/mol. The average Bonchev–Trinajstić information content (AvgIpc) is 2.95. The van der Waals surface area contributed by atoms with Gasteiger partial charge < -0.3 is 9.47 Å². The Hall–Kier alpha value is -1.73. The molecule has 0 atom stereocenters. The Balaban J connectivity index is 1.79. The van der Waals surface area contributed by atoms with Gasteiger partial charge in [0.1, 0.15) is 6.61 Å². The molecule has 1 heterocycles. The molecule has 1 aromatic carbocycles. The van der Waals surface area contributed by atoms with E-state index in [1.54, 1.807) is 25.3 Å². The van der Waals surface area contributed by atoms with Crippen molar-refractivity contribution < 1.29 is 19.1 Å². The zero-order valence-corrected chi connectivity index (χ0v) is 18.3. The molecule has 2 amide bonds. The molecule has 1 aliphatic heterocycles. The van der Waals surface area contributed by atoms with Gasteiger partial charge in [-0.05, 0) is 70.2 Å². The third-order valence-electron chi connectivity index (χ3n) is 4.93. The molecule has 3 rings (SSSR count). The first-order valence-electron chi connectivity index (χ1n) is 9.40. The van der Waals surface area contributed by atoms with Gasteiger partial charge in [-0.25, -0.2) is 0 Å². The summed E-state index contributed by atoms with van der Waals surface area (Å²) in [5.41, 5.74) is 0.762. The van der Waals surface area contributed by atoms with E-state index in [0.29, 0.717) is 39.9 Å². The van der Waals surface area contributed by atoms with Crippen LogP contribution in [-0.4, -0.2) is 36.3 Å². The van der Waals surface area contributed by atoms with Crippen LogP contribution in [0.4, 0.5) is 4.79 Å². The normalized spacial score (nSPS) is 19.4. The smallest absolute Gasteiger partial charge is 0.293 e. The molecule has 0 bridgehead atoms. The van der Waals surface area contributed by atoms with Crippen LogP contribution >= 0.6 is 27.7 Å². The molecule has 28 heavy (non-hydrogen) atoms. The molecule has 1 aromatic rings. The maximum Gasteiger partial charge on any atom is 0.293 e. The highest BCUT2D eigenvalue weighted by atomic mass is 79.9. The van der Waals surface area contributed by atoms with Crippen molar-refractivity contribution in [3.8, 4) is 11.5 Å². The third-order valence-corrected chi connectivity index (χ3v) is 6.43. The van der Waals surface area contributed by atoms with Crippen LogP contribution in [0.1, 0.15) is 37.7 Å². The predicted molar refractivity (Wildman–Crippen MR) is 116 cm³/mol. The van der Waals surface area contributed by atoms with E-state index >= 15 is 0 Å². The lowest BCUT2D eigenvalue weighted by molar-refractivity contribution is -0.123. The highest BCUT2D eigenvalue weighted by Gasteiger charge is 2.36. The molecule has 0 spiro atoms. The van der Waals surface area contributed by atoms with Crippen molar-refractivity contribution in [2.75, 3.05) is 20.3 Å². The van der Waals surface area contributed by atoms with Crippen molar-refractivity contribution in [2.24, 2.45) is 5.92 Å². The first-order valence-corrected chi connectivity index (χ1v) is 11.0. The molecular formula is C21H24BrNO4S. The monoisotopic (exact) mass is 465 g/mol. The highest BCUT2D eigenvalue weighted by Crippen LogP contribution is 2.39. The number of thioether (sulfide) groups is 1. The van der Waals surface area contributed by atoms with Gasteiger partial charge in [-0.3, -0.25) is 14.5 Å². The van der Waals surface area contributed by atoms with Crippen molar-refractivity contribution in [3.63, 3.8) is 0 Å². The van der Waals surface area contributed by atoms with Gasteiger partial charge in [0.05, 0.1) is 16.5 Å². The Morgan fingerprint density at radius 1 is 1.29 bits per heavy atom. The Labute approximate surface area is 178 Å². The first kappa shape index (κ1) is 21.0. The number of hydrogen-bond acceptors (Lipinski definition) is 5. The Morgan fingerprint density at radius 2 is 2.04 bits per heavy atom. The Bertz CT molecular complexity index is 802. The number of ether oxygens (including phenoxy) is 2. The molecule has 1 saturated heterocycles. The van der Waals surface area contributed by atoms with Crippen LogP contribution in [0.25, 0.3) is 6.08 Å². The molecule has 0 unspecified atom stereocenters. The van der Waals surface area contributed by atoms with Crippen molar-refractivity contribution in [2.45, 2.75) is 32.1 Å². The zero-order valence-electron chi connectivity index (χ0n) is 15.9. The molecule has 150 valence electrons. The maximum atomic E-state index is 12.8. The van der Waals surface area contributed by atoms with Crippen LogP contribution in [0, 0.1) is 5.92 Å². The van der Waals surface area contributed by atoms with E-state index in [9.17, 15) is 9.59 Å². The van der Waals surface area contributed by atoms with E-state index in [2.05, 4.69) is 22.5 Å². The van der Waals surface area contributed by atoms with Crippen LogP contribution in [-0.2, 0) is 4.79 Å². The largest absolute Gasteiger partial charge is 0.493 e. The quantitative estimate of drug-likeness (QED) is 0.385. The molecule has 7 heteroatoms. The van der Waals surface area contributed by atoms with Crippen molar-refractivity contribution in [3.05, 3.63) is 39.7 Å². The molecule has 0 N–H and O–H groups in total. The van der Waals surface area contributed by atoms with Crippen LogP contribution < -0.4 is 9.47 Å². The van der Waals surface area contributed by atoms with Gasteiger partial charge in [0.2, 0.25) is 0 Å². The van der Waals surface area contributed by atoms with Crippen LogP contribution in [0.15, 0.2) is 34.2 Å². The summed E-state index contributed by atoms with van der Waals surface area (Å²) < 4.78 is 11.7. The van der Waals surface area contributed by atoms with Crippen molar-refractivity contribution >= 4 is 44.9 Å². The second-order valence-corrected chi connectivity index (χ2v) is 8.78. The number of carbonyl (C=O) groups is 2.